The van der Waals surface area contributed by atoms with Crippen LogP contribution in [0, 0.1) is 0 Å². The van der Waals surface area contributed by atoms with Gasteiger partial charge < -0.3 is 27.0 Å². The molecule has 39 heavy (non-hydrogen) atoms. The minimum Gasteiger partial charge on any atom is -0.354 e. The summed E-state index contributed by atoms with van der Waals surface area (Å²) < 4.78 is 0. The second-order valence-corrected chi connectivity index (χ2v) is 11.5. The van der Waals surface area contributed by atoms with Crippen molar-refractivity contribution in [1.29, 1.82) is 0 Å². The third-order valence-electron chi connectivity index (χ3n) is 6.84. The highest BCUT2D eigenvalue weighted by Gasteiger charge is 2.40. The number of fused-ring (bicyclic) bond motifs is 1. The molecule has 2 aliphatic rings. The molecule has 212 valence electrons. The fourth-order valence-corrected chi connectivity index (χ4v) is 6.24. The van der Waals surface area contributed by atoms with Crippen molar-refractivity contribution in [3.63, 3.8) is 0 Å². The standard InChI is InChI=1S/C26H38N8O4S/c1-16(27)22(35)7-4-5-13-29-24(37)20(14-17-9-11-18(12-10-17)33-34-28)30-23(36)8-3-2-6-19-15-21-25(39-19)32-26(38)31-21/h9-12,16,19-21,25H,2-8,13-15,27H2,1H3,(H,29,37)(H,30,36)(H2,31,32,38). The molecule has 2 saturated heterocycles. The number of amides is 4. The fourth-order valence-electron chi connectivity index (χ4n) is 4.66. The molecule has 1 aromatic carbocycles. The number of carbonyl (C=O) groups is 4. The number of hydrogen-bond donors (Lipinski definition) is 5. The Kier molecular flexibility index (Phi) is 11.9. The van der Waals surface area contributed by atoms with Crippen LogP contribution in [-0.2, 0) is 20.8 Å². The van der Waals surface area contributed by atoms with Gasteiger partial charge in [0.2, 0.25) is 11.8 Å². The van der Waals surface area contributed by atoms with Crippen molar-refractivity contribution in [2.45, 2.75) is 93.5 Å². The van der Waals surface area contributed by atoms with Gasteiger partial charge in [-0.1, -0.05) is 35.8 Å². The first-order valence-corrected chi connectivity index (χ1v) is 14.4. The molecule has 2 aliphatic heterocycles. The number of benzene rings is 1. The number of nitrogens with two attached hydrogens (primary N) is 1. The van der Waals surface area contributed by atoms with E-state index in [2.05, 4.69) is 31.3 Å². The number of hydrogen-bond acceptors (Lipinski definition) is 7. The number of thioether (sulfide) groups is 1. The molecule has 6 N–H and O–H groups in total. The van der Waals surface area contributed by atoms with E-state index in [1.54, 1.807) is 43.0 Å². The first kappa shape index (κ1) is 30.3. The molecule has 13 heteroatoms. The van der Waals surface area contributed by atoms with Crippen LogP contribution in [0.3, 0.4) is 0 Å². The largest absolute Gasteiger partial charge is 0.354 e. The smallest absolute Gasteiger partial charge is 0.316 e. The maximum Gasteiger partial charge on any atom is 0.316 e. The SMILES string of the molecule is CC(N)C(=O)CCCCNC(=O)C(Cc1ccc(N=[N+]=[N-])cc1)NC(=O)CCCCC1CC2NC(=O)NC2S1. The zero-order valence-electron chi connectivity index (χ0n) is 22.2. The highest BCUT2D eigenvalue weighted by molar-refractivity contribution is 8.00. The van der Waals surface area contributed by atoms with Gasteiger partial charge in [-0.15, -0.1) is 11.8 Å². The average Bonchev–Trinajstić information content (AvgIpc) is 3.43. The van der Waals surface area contributed by atoms with E-state index in [9.17, 15) is 19.2 Å². The quantitative estimate of drug-likeness (QED) is 0.0896. The van der Waals surface area contributed by atoms with Crippen LogP contribution < -0.4 is 27.0 Å². The number of ketones is 1. The predicted octanol–water partition coefficient (Wildman–Crippen LogP) is 2.93. The van der Waals surface area contributed by atoms with Gasteiger partial charge in [-0.25, -0.2) is 4.79 Å². The third kappa shape index (κ3) is 10.1. The lowest BCUT2D eigenvalue weighted by Crippen LogP contribution is -2.48. The number of carbonyl (C=O) groups excluding carboxylic acids is 4. The molecular weight excluding hydrogens is 520 g/mol. The number of Topliss-reactive ketones (excluding diaryl/α,β-unsaturated/α-hetero) is 1. The predicted molar refractivity (Wildman–Crippen MR) is 150 cm³/mol. The van der Waals surface area contributed by atoms with Gasteiger partial charge in [0.05, 0.1) is 17.5 Å². The van der Waals surface area contributed by atoms with Crippen LogP contribution in [0.5, 0.6) is 0 Å². The van der Waals surface area contributed by atoms with Crippen LogP contribution in [-0.4, -0.2) is 58.9 Å². The van der Waals surface area contributed by atoms with E-state index in [4.69, 9.17) is 11.3 Å². The van der Waals surface area contributed by atoms with Crippen LogP contribution in [0.25, 0.3) is 10.4 Å². The van der Waals surface area contributed by atoms with Crippen molar-refractivity contribution < 1.29 is 19.2 Å². The highest BCUT2D eigenvalue weighted by atomic mass is 32.2. The highest BCUT2D eigenvalue weighted by Crippen LogP contribution is 2.37. The molecule has 0 bridgehead atoms. The summed E-state index contributed by atoms with van der Waals surface area (Å²) in [6.07, 6.45) is 5.73. The number of unbranched alkanes of at least 4 members (excludes halogenated alkanes) is 2. The van der Waals surface area contributed by atoms with E-state index in [1.807, 2.05) is 0 Å². The maximum atomic E-state index is 13.0. The Balaban J connectivity index is 1.44. The van der Waals surface area contributed by atoms with E-state index < -0.39 is 12.1 Å². The second-order valence-electron chi connectivity index (χ2n) is 10.1. The molecule has 0 radical (unpaired) electrons. The Hall–Kier alpha value is -3.28. The zero-order valence-corrected chi connectivity index (χ0v) is 23.0. The van der Waals surface area contributed by atoms with Crippen LogP contribution in [0.2, 0.25) is 0 Å². The molecule has 0 saturated carbocycles. The van der Waals surface area contributed by atoms with Crippen LogP contribution in [0.1, 0.15) is 63.9 Å². The number of rotatable bonds is 16. The van der Waals surface area contributed by atoms with Gasteiger partial charge in [-0.2, -0.15) is 0 Å². The first-order chi connectivity index (χ1) is 18.7. The van der Waals surface area contributed by atoms with E-state index in [0.717, 1.165) is 24.8 Å². The molecule has 4 amide bonds. The Morgan fingerprint density at radius 3 is 2.59 bits per heavy atom. The van der Waals surface area contributed by atoms with Crippen molar-refractivity contribution in [3.8, 4) is 0 Å². The topological polar surface area (TPSA) is 191 Å². The lowest BCUT2D eigenvalue weighted by atomic mass is 10.0. The van der Waals surface area contributed by atoms with Crippen LogP contribution in [0.4, 0.5) is 10.5 Å². The Labute approximate surface area is 232 Å². The van der Waals surface area contributed by atoms with Gasteiger partial charge in [-0.3, -0.25) is 14.4 Å². The molecule has 3 rings (SSSR count). The first-order valence-electron chi connectivity index (χ1n) is 13.5. The molecule has 0 spiro atoms. The van der Waals surface area contributed by atoms with Crippen LogP contribution in [0.15, 0.2) is 29.4 Å². The van der Waals surface area contributed by atoms with Gasteiger partial charge >= 0.3 is 6.03 Å². The summed E-state index contributed by atoms with van der Waals surface area (Å²) in [4.78, 5) is 51.5. The zero-order chi connectivity index (χ0) is 28.2. The molecule has 1 aromatic rings. The Morgan fingerprint density at radius 2 is 1.90 bits per heavy atom. The average molecular weight is 559 g/mol. The summed E-state index contributed by atoms with van der Waals surface area (Å²) in [6.45, 7) is 2.05. The summed E-state index contributed by atoms with van der Waals surface area (Å²) in [6, 6.07) is 5.70. The maximum absolute atomic E-state index is 13.0. The number of azide groups is 1. The third-order valence-corrected chi connectivity index (χ3v) is 8.39. The van der Waals surface area contributed by atoms with E-state index in [1.165, 1.54) is 0 Å². The van der Waals surface area contributed by atoms with Gasteiger partial charge in [-0.05, 0) is 50.1 Å². The summed E-state index contributed by atoms with van der Waals surface area (Å²) >= 11 is 1.78. The van der Waals surface area contributed by atoms with Crippen molar-refractivity contribution in [2.24, 2.45) is 10.8 Å². The van der Waals surface area contributed by atoms with Gasteiger partial charge in [0.25, 0.3) is 0 Å². The van der Waals surface area contributed by atoms with E-state index in [-0.39, 0.29) is 41.5 Å². The fraction of sp³-hybridized carbons (Fsp3) is 0.615. The van der Waals surface area contributed by atoms with E-state index in [0.29, 0.717) is 49.6 Å². The minimum atomic E-state index is -0.757. The molecule has 5 atom stereocenters. The summed E-state index contributed by atoms with van der Waals surface area (Å²) in [7, 11) is 0. The summed E-state index contributed by atoms with van der Waals surface area (Å²) in [5.41, 5.74) is 15.5. The lowest BCUT2D eigenvalue weighted by molar-refractivity contribution is -0.129. The van der Waals surface area contributed by atoms with E-state index >= 15 is 0 Å². The normalized spacial score (nSPS) is 21.1. The van der Waals surface area contributed by atoms with Crippen molar-refractivity contribution in [1.82, 2.24) is 21.3 Å². The van der Waals surface area contributed by atoms with Gasteiger partial charge in [0.15, 0.2) is 0 Å². The van der Waals surface area contributed by atoms with Crippen molar-refractivity contribution in [3.05, 3.63) is 40.3 Å². The van der Waals surface area contributed by atoms with Gasteiger partial charge in [0, 0.05) is 41.7 Å². The van der Waals surface area contributed by atoms with Crippen LogP contribution >= 0.6 is 11.8 Å². The molecule has 12 nitrogen and oxygen atoms in total. The summed E-state index contributed by atoms with van der Waals surface area (Å²) in [5.74, 6) is -0.480. The molecular formula is C26H38N8O4S. The monoisotopic (exact) mass is 558 g/mol. The molecule has 2 fully saturated rings. The molecule has 2 heterocycles. The Morgan fingerprint density at radius 1 is 1.15 bits per heavy atom. The summed E-state index contributed by atoms with van der Waals surface area (Å²) in [5, 5.41) is 15.7. The molecule has 0 aromatic heterocycles. The number of nitrogens with one attached hydrogen (secondary N) is 4. The minimum absolute atomic E-state index is 0.00605. The lowest BCUT2D eigenvalue weighted by Gasteiger charge is -2.19. The second kappa shape index (κ2) is 15.3. The number of urea groups is 1. The van der Waals surface area contributed by atoms with Gasteiger partial charge in [0.1, 0.15) is 11.8 Å². The molecule has 5 unspecified atom stereocenters. The number of nitrogens with zero attached hydrogens (tertiary/aromatic N) is 3. The van der Waals surface area contributed by atoms with Crippen molar-refractivity contribution >= 4 is 41.1 Å². The Bertz CT molecular complexity index is 1040. The molecule has 0 aliphatic carbocycles. The van der Waals surface area contributed by atoms with Crippen molar-refractivity contribution in [2.75, 3.05) is 6.54 Å².